The average Bonchev–Trinajstić information content (AvgIpc) is 2.34. The van der Waals surface area contributed by atoms with Crippen molar-refractivity contribution in [3.63, 3.8) is 0 Å². The van der Waals surface area contributed by atoms with Gasteiger partial charge in [-0.25, -0.2) is 0 Å². The van der Waals surface area contributed by atoms with E-state index in [0.29, 0.717) is 0 Å². The Bertz CT molecular complexity index is 69.7. The van der Waals surface area contributed by atoms with Gasteiger partial charge in [0.1, 0.15) is 0 Å². The minimum atomic E-state index is 0. The van der Waals surface area contributed by atoms with Crippen LogP contribution in [0.25, 0.3) is 0 Å². The van der Waals surface area contributed by atoms with E-state index in [2.05, 4.69) is 12.2 Å². The molecular formula is C8H17ClN-. The number of halogens is 1. The van der Waals surface area contributed by atoms with Gasteiger partial charge in [-0.2, -0.15) is 0 Å². The van der Waals surface area contributed by atoms with Gasteiger partial charge in [-0.05, 0) is 25.8 Å². The maximum Gasteiger partial charge on any atom is 0.00670 e. The van der Waals surface area contributed by atoms with Crippen LogP contribution >= 0.6 is 0 Å². The van der Waals surface area contributed by atoms with E-state index in [1.165, 1.54) is 38.6 Å². The Kier molecular flexibility index (Phi) is 6.14. The van der Waals surface area contributed by atoms with Crippen LogP contribution in [0, 0.1) is 0 Å². The van der Waals surface area contributed by atoms with Crippen LogP contribution in [0.5, 0.6) is 0 Å². The van der Waals surface area contributed by atoms with E-state index in [1.54, 1.807) is 0 Å². The van der Waals surface area contributed by atoms with Crippen LogP contribution in [0.15, 0.2) is 0 Å². The molecule has 62 valence electrons. The Morgan fingerprint density at radius 3 is 2.40 bits per heavy atom. The second kappa shape index (κ2) is 5.99. The van der Waals surface area contributed by atoms with Crippen molar-refractivity contribution in [1.29, 1.82) is 0 Å². The van der Waals surface area contributed by atoms with Crippen molar-refractivity contribution < 1.29 is 12.4 Å². The molecule has 1 N–H and O–H groups in total. The van der Waals surface area contributed by atoms with Gasteiger partial charge >= 0.3 is 0 Å². The second-order valence-corrected chi connectivity index (χ2v) is 2.94. The summed E-state index contributed by atoms with van der Waals surface area (Å²) in [5.74, 6) is 0. The molecule has 0 aliphatic heterocycles. The van der Waals surface area contributed by atoms with Gasteiger partial charge in [-0.15, -0.1) is 0 Å². The normalized spacial score (nSPS) is 18.9. The van der Waals surface area contributed by atoms with Crippen LogP contribution in [-0.2, 0) is 0 Å². The molecule has 0 aromatic carbocycles. The van der Waals surface area contributed by atoms with Crippen LogP contribution < -0.4 is 17.7 Å². The molecular weight excluding hydrogens is 146 g/mol. The van der Waals surface area contributed by atoms with E-state index in [0.717, 1.165) is 6.04 Å². The predicted molar refractivity (Wildman–Crippen MR) is 40.5 cm³/mol. The number of hydrogen-bond donors (Lipinski definition) is 1. The first-order valence-corrected chi connectivity index (χ1v) is 4.17. The molecule has 0 bridgehead atoms. The third kappa shape index (κ3) is 3.43. The van der Waals surface area contributed by atoms with Crippen molar-refractivity contribution in [2.45, 2.75) is 45.1 Å². The molecule has 0 heterocycles. The summed E-state index contributed by atoms with van der Waals surface area (Å²) in [6, 6.07) is 0.866. The Hall–Kier alpha value is 0.250. The van der Waals surface area contributed by atoms with Gasteiger partial charge in [0.15, 0.2) is 0 Å². The Morgan fingerprint density at radius 2 is 1.90 bits per heavy atom. The van der Waals surface area contributed by atoms with Crippen molar-refractivity contribution in [1.82, 2.24) is 5.32 Å². The zero-order chi connectivity index (χ0) is 6.53. The van der Waals surface area contributed by atoms with Crippen LogP contribution in [0.1, 0.15) is 39.0 Å². The lowest BCUT2D eigenvalue weighted by Gasteiger charge is -2.09. The summed E-state index contributed by atoms with van der Waals surface area (Å²) in [6.45, 7) is 3.44. The highest BCUT2D eigenvalue weighted by Crippen LogP contribution is 2.17. The van der Waals surface area contributed by atoms with Crippen molar-refractivity contribution in [2.75, 3.05) is 6.54 Å². The molecule has 0 amide bonds. The Labute approximate surface area is 70.0 Å². The first kappa shape index (κ1) is 10.2. The van der Waals surface area contributed by atoms with Gasteiger partial charge in [0.2, 0.25) is 0 Å². The molecule has 10 heavy (non-hydrogen) atoms. The molecule has 0 radical (unpaired) electrons. The van der Waals surface area contributed by atoms with Gasteiger partial charge in [-0.3, -0.25) is 0 Å². The van der Waals surface area contributed by atoms with Crippen molar-refractivity contribution in [3.8, 4) is 0 Å². The SMILES string of the molecule is CCCNC1CCCC1.[Cl-]. The van der Waals surface area contributed by atoms with E-state index < -0.39 is 0 Å². The minimum Gasteiger partial charge on any atom is -1.00 e. The zero-order valence-corrected chi connectivity index (χ0v) is 7.45. The molecule has 0 aromatic rings. The molecule has 2 heteroatoms. The van der Waals surface area contributed by atoms with Crippen LogP contribution in [0.3, 0.4) is 0 Å². The van der Waals surface area contributed by atoms with E-state index in [9.17, 15) is 0 Å². The fourth-order valence-corrected chi connectivity index (χ4v) is 1.48. The minimum absolute atomic E-state index is 0. The fourth-order valence-electron chi connectivity index (χ4n) is 1.48. The monoisotopic (exact) mass is 162 g/mol. The summed E-state index contributed by atoms with van der Waals surface area (Å²) in [5.41, 5.74) is 0. The summed E-state index contributed by atoms with van der Waals surface area (Å²) in [7, 11) is 0. The highest BCUT2D eigenvalue weighted by molar-refractivity contribution is 4.72. The van der Waals surface area contributed by atoms with Crippen LogP contribution in [0.2, 0.25) is 0 Å². The molecule has 0 spiro atoms. The molecule has 0 aromatic heterocycles. The average molecular weight is 163 g/mol. The first-order chi connectivity index (χ1) is 4.43. The number of hydrogen-bond acceptors (Lipinski definition) is 1. The maximum absolute atomic E-state index is 3.53. The summed E-state index contributed by atoms with van der Waals surface area (Å²) in [5, 5.41) is 3.53. The van der Waals surface area contributed by atoms with E-state index in [-0.39, 0.29) is 12.4 Å². The van der Waals surface area contributed by atoms with Crippen molar-refractivity contribution >= 4 is 0 Å². The van der Waals surface area contributed by atoms with Gasteiger partial charge < -0.3 is 17.7 Å². The smallest absolute Gasteiger partial charge is 0.00670 e. The van der Waals surface area contributed by atoms with E-state index >= 15 is 0 Å². The molecule has 1 aliphatic rings. The molecule has 1 rings (SSSR count). The first-order valence-electron chi connectivity index (χ1n) is 4.17. The molecule has 1 saturated carbocycles. The maximum atomic E-state index is 3.53. The topological polar surface area (TPSA) is 12.0 Å². The third-order valence-electron chi connectivity index (χ3n) is 2.04. The van der Waals surface area contributed by atoms with Crippen molar-refractivity contribution in [3.05, 3.63) is 0 Å². The zero-order valence-electron chi connectivity index (χ0n) is 6.70. The van der Waals surface area contributed by atoms with Gasteiger partial charge in [0, 0.05) is 6.04 Å². The fraction of sp³-hybridized carbons (Fsp3) is 1.00. The largest absolute Gasteiger partial charge is 1.00 e. The van der Waals surface area contributed by atoms with Crippen LogP contribution in [0.4, 0.5) is 0 Å². The number of rotatable bonds is 3. The van der Waals surface area contributed by atoms with Crippen molar-refractivity contribution in [2.24, 2.45) is 0 Å². The summed E-state index contributed by atoms with van der Waals surface area (Å²) < 4.78 is 0. The Morgan fingerprint density at radius 1 is 1.30 bits per heavy atom. The quantitative estimate of drug-likeness (QED) is 0.558. The summed E-state index contributed by atoms with van der Waals surface area (Å²) in [4.78, 5) is 0. The molecule has 0 unspecified atom stereocenters. The molecule has 0 saturated heterocycles. The van der Waals surface area contributed by atoms with Crippen LogP contribution in [-0.4, -0.2) is 12.6 Å². The lowest BCUT2D eigenvalue weighted by Crippen LogP contribution is -3.00. The lowest BCUT2D eigenvalue weighted by molar-refractivity contribution is -0.00000210. The summed E-state index contributed by atoms with van der Waals surface area (Å²) in [6.07, 6.45) is 7.00. The Balaban J connectivity index is 0.000000810. The standard InChI is InChI=1S/C8H17N.ClH/c1-2-7-9-8-5-3-4-6-8;/h8-9H,2-7H2,1H3;1H/p-1. The molecule has 1 fully saturated rings. The highest BCUT2D eigenvalue weighted by atomic mass is 35.5. The highest BCUT2D eigenvalue weighted by Gasteiger charge is 2.12. The number of nitrogens with one attached hydrogen (secondary N) is 1. The van der Waals surface area contributed by atoms with Gasteiger partial charge in [0.05, 0.1) is 0 Å². The van der Waals surface area contributed by atoms with Gasteiger partial charge in [-0.1, -0.05) is 19.8 Å². The molecule has 0 atom stereocenters. The molecule has 1 aliphatic carbocycles. The van der Waals surface area contributed by atoms with E-state index in [4.69, 9.17) is 0 Å². The lowest BCUT2D eigenvalue weighted by atomic mass is 10.2. The van der Waals surface area contributed by atoms with E-state index in [1.807, 2.05) is 0 Å². The summed E-state index contributed by atoms with van der Waals surface area (Å²) >= 11 is 0. The van der Waals surface area contributed by atoms with Gasteiger partial charge in [0.25, 0.3) is 0 Å². The molecule has 1 nitrogen and oxygen atoms in total. The second-order valence-electron chi connectivity index (χ2n) is 2.94. The predicted octanol–water partition coefficient (Wildman–Crippen LogP) is -1.07. The third-order valence-corrected chi connectivity index (χ3v) is 2.04.